The van der Waals surface area contributed by atoms with Crippen LogP contribution < -0.4 is 14.8 Å². The van der Waals surface area contributed by atoms with Crippen molar-refractivity contribution in [1.29, 1.82) is 0 Å². The first-order valence-corrected chi connectivity index (χ1v) is 9.96. The number of benzene rings is 2. The minimum atomic E-state index is -3.83. The Balaban J connectivity index is 1.86. The van der Waals surface area contributed by atoms with E-state index in [1.807, 2.05) is 0 Å². The highest BCUT2D eigenvalue weighted by Gasteiger charge is 2.26. The zero-order valence-corrected chi connectivity index (χ0v) is 15.6. The van der Waals surface area contributed by atoms with Crippen molar-refractivity contribution in [3.05, 3.63) is 48.0 Å². The molecular formula is C19H22N2O4S. The van der Waals surface area contributed by atoms with Crippen molar-refractivity contribution >= 4 is 27.3 Å². The van der Waals surface area contributed by atoms with Crippen molar-refractivity contribution in [2.75, 3.05) is 17.1 Å². The predicted molar refractivity (Wildman–Crippen MR) is 101 cm³/mol. The fraction of sp³-hybridized carbons (Fsp3) is 0.316. The summed E-state index contributed by atoms with van der Waals surface area (Å²) >= 11 is 0. The van der Waals surface area contributed by atoms with Crippen molar-refractivity contribution in [3.8, 4) is 5.75 Å². The van der Waals surface area contributed by atoms with Crippen molar-refractivity contribution in [3.63, 3.8) is 0 Å². The Bertz CT molecular complexity index is 921. The van der Waals surface area contributed by atoms with Crippen LogP contribution in [-0.2, 0) is 14.8 Å². The standard InChI is InChI=1S/C19H22N2O4S/c1-13-10-11-15(20-19(22)14-6-5-7-14)12-18(13)26(23,24)21-16-8-3-4-9-17(16)25-2/h3-4,8-12,14,21H,5-7H2,1-2H3,(H,20,22). The topological polar surface area (TPSA) is 84.5 Å². The first-order chi connectivity index (χ1) is 12.4. The highest BCUT2D eigenvalue weighted by molar-refractivity contribution is 7.92. The maximum atomic E-state index is 12.9. The number of methoxy groups -OCH3 is 1. The molecule has 0 radical (unpaired) electrons. The van der Waals surface area contributed by atoms with Gasteiger partial charge in [-0.25, -0.2) is 8.42 Å². The van der Waals surface area contributed by atoms with E-state index in [9.17, 15) is 13.2 Å². The molecule has 0 atom stereocenters. The van der Waals surface area contributed by atoms with E-state index in [-0.39, 0.29) is 16.7 Å². The van der Waals surface area contributed by atoms with Gasteiger partial charge in [0.2, 0.25) is 5.91 Å². The number of amides is 1. The Morgan fingerprint density at radius 2 is 1.88 bits per heavy atom. The molecule has 0 aromatic heterocycles. The van der Waals surface area contributed by atoms with Crippen LogP contribution in [-0.4, -0.2) is 21.4 Å². The molecule has 138 valence electrons. The molecule has 1 amide bonds. The van der Waals surface area contributed by atoms with E-state index >= 15 is 0 Å². The number of nitrogens with one attached hydrogen (secondary N) is 2. The molecule has 0 aliphatic heterocycles. The summed E-state index contributed by atoms with van der Waals surface area (Å²) in [5.41, 5.74) is 1.43. The molecule has 3 rings (SSSR count). The van der Waals surface area contributed by atoms with Gasteiger partial charge in [-0.15, -0.1) is 0 Å². The van der Waals surface area contributed by atoms with Crippen LogP contribution in [0, 0.1) is 12.8 Å². The molecule has 1 aliphatic carbocycles. The lowest BCUT2D eigenvalue weighted by molar-refractivity contribution is -0.122. The number of ether oxygens (including phenoxy) is 1. The molecule has 0 unspecified atom stereocenters. The maximum Gasteiger partial charge on any atom is 0.262 e. The van der Waals surface area contributed by atoms with Crippen molar-refractivity contribution in [2.45, 2.75) is 31.1 Å². The monoisotopic (exact) mass is 374 g/mol. The molecule has 1 aliphatic rings. The number of hydrogen-bond acceptors (Lipinski definition) is 4. The van der Waals surface area contributed by atoms with Crippen LogP contribution >= 0.6 is 0 Å². The normalized spacial score (nSPS) is 14.4. The van der Waals surface area contributed by atoms with Crippen LogP contribution in [0.5, 0.6) is 5.75 Å². The van der Waals surface area contributed by atoms with Crippen molar-refractivity contribution < 1.29 is 17.9 Å². The van der Waals surface area contributed by atoms with Crippen LogP contribution in [0.4, 0.5) is 11.4 Å². The summed E-state index contributed by atoms with van der Waals surface area (Å²) in [7, 11) is -2.35. The van der Waals surface area contributed by atoms with Crippen molar-refractivity contribution in [1.82, 2.24) is 0 Å². The second-order valence-corrected chi connectivity index (χ2v) is 8.05. The third-order valence-corrected chi connectivity index (χ3v) is 6.08. The summed E-state index contributed by atoms with van der Waals surface area (Å²) in [4.78, 5) is 12.2. The third kappa shape index (κ3) is 3.83. The van der Waals surface area contributed by atoms with Gasteiger partial charge >= 0.3 is 0 Å². The van der Waals surface area contributed by atoms with E-state index in [0.717, 1.165) is 19.3 Å². The summed E-state index contributed by atoms with van der Waals surface area (Å²) < 4.78 is 33.5. The number of carbonyl (C=O) groups excluding carboxylic acids is 1. The Hall–Kier alpha value is -2.54. The molecule has 7 heteroatoms. The minimum Gasteiger partial charge on any atom is -0.495 e. The van der Waals surface area contributed by atoms with E-state index in [0.29, 0.717) is 22.7 Å². The Labute approximate surface area is 153 Å². The van der Waals surface area contributed by atoms with E-state index < -0.39 is 10.0 Å². The Morgan fingerprint density at radius 1 is 1.15 bits per heavy atom. The molecule has 0 bridgehead atoms. The Kier molecular flexibility index (Phi) is 5.18. The van der Waals surface area contributed by atoms with Gasteiger partial charge in [0.25, 0.3) is 10.0 Å². The molecule has 2 aromatic carbocycles. The first kappa shape index (κ1) is 18.3. The van der Waals surface area contributed by atoms with Gasteiger partial charge in [0.15, 0.2) is 0 Å². The molecule has 2 N–H and O–H groups in total. The smallest absolute Gasteiger partial charge is 0.262 e. The van der Waals surface area contributed by atoms with E-state index in [4.69, 9.17) is 4.74 Å². The lowest BCUT2D eigenvalue weighted by atomic mass is 9.85. The molecule has 0 spiro atoms. The summed E-state index contributed by atoms with van der Waals surface area (Å²) in [6.07, 6.45) is 2.84. The Morgan fingerprint density at radius 3 is 2.54 bits per heavy atom. The number of para-hydroxylation sites is 2. The van der Waals surface area contributed by atoms with Gasteiger partial charge in [0.05, 0.1) is 17.7 Å². The van der Waals surface area contributed by atoms with Gasteiger partial charge in [0.1, 0.15) is 5.75 Å². The van der Waals surface area contributed by atoms with E-state index in [1.54, 1.807) is 43.3 Å². The SMILES string of the molecule is COc1ccccc1NS(=O)(=O)c1cc(NC(=O)C2CCC2)ccc1C. The van der Waals surface area contributed by atoms with Crippen LogP contribution in [0.1, 0.15) is 24.8 Å². The van der Waals surface area contributed by atoms with Gasteiger partial charge in [-0.2, -0.15) is 0 Å². The zero-order chi connectivity index (χ0) is 18.7. The largest absolute Gasteiger partial charge is 0.495 e. The molecule has 2 aromatic rings. The van der Waals surface area contributed by atoms with E-state index in [2.05, 4.69) is 10.0 Å². The van der Waals surface area contributed by atoms with Crippen LogP contribution in [0.2, 0.25) is 0 Å². The molecular weight excluding hydrogens is 352 g/mol. The van der Waals surface area contributed by atoms with E-state index in [1.165, 1.54) is 13.2 Å². The van der Waals surface area contributed by atoms with Gasteiger partial charge in [-0.05, 0) is 49.6 Å². The summed E-state index contributed by atoms with van der Waals surface area (Å²) in [6.45, 7) is 1.72. The fourth-order valence-electron chi connectivity index (χ4n) is 2.81. The summed E-state index contributed by atoms with van der Waals surface area (Å²) in [5.74, 6) is 0.410. The maximum absolute atomic E-state index is 12.9. The van der Waals surface area contributed by atoms with Gasteiger partial charge in [-0.1, -0.05) is 24.6 Å². The fourth-order valence-corrected chi connectivity index (χ4v) is 4.15. The summed E-state index contributed by atoms with van der Waals surface area (Å²) in [6, 6.07) is 11.7. The lowest BCUT2D eigenvalue weighted by Crippen LogP contribution is -2.28. The number of carbonyl (C=O) groups is 1. The van der Waals surface area contributed by atoms with Gasteiger partial charge < -0.3 is 10.1 Å². The lowest BCUT2D eigenvalue weighted by Gasteiger charge is -2.24. The van der Waals surface area contributed by atoms with Gasteiger partial charge in [0, 0.05) is 11.6 Å². The number of hydrogen-bond donors (Lipinski definition) is 2. The van der Waals surface area contributed by atoms with Gasteiger partial charge in [-0.3, -0.25) is 9.52 Å². The number of sulfonamides is 1. The quantitative estimate of drug-likeness (QED) is 0.810. The van der Waals surface area contributed by atoms with Crippen LogP contribution in [0.25, 0.3) is 0 Å². The molecule has 0 saturated heterocycles. The minimum absolute atomic E-state index is 0.0306. The summed E-state index contributed by atoms with van der Waals surface area (Å²) in [5, 5.41) is 2.81. The average Bonchev–Trinajstić information content (AvgIpc) is 2.55. The third-order valence-electron chi connectivity index (χ3n) is 4.57. The first-order valence-electron chi connectivity index (χ1n) is 8.48. The predicted octanol–water partition coefficient (Wildman–Crippen LogP) is 3.54. The number of rotatable bonds is 6. The zero-order valence-electron chi connectivity index (χ0n) is 14.8. The number of anilines is 2. The average molecular weight is 374 g/mol. The molecule has 6 nitrogen and oxygen atoms in total. The molecule has 0 heterocycles. The second kappa shape index (κ2) is 7.37. The highest BCUT2D eigenvalue weighted by atomic mass is 32.2. The highest BCUT2D eigenvalue weighted by Crippen LogP contribution is 2.30. The molecule has 1 saturated carbocycles. The molecule has 1 fully saturated rings. The van der Waals surface area contributed by atoms with Crippen LogP contribution in [0.3, 0.4) is 0 Å². The number of aryl methyl sites for hydroxylation is 1. The molecule has 26 heavy (non-hydrogen) atoms. The second-order valence-electron chi connectivity index (χ2n) is 6.40. The van der Waals surface area contributed by atoms with Crippen LogP contribution in [0.15, 0.2) is 47.4 Å². The van der Waals surface area contributed by atoms with Crippen molar-refractivity contribution in [2.24, 2.45) is 5.92 Å².